The molecule has 2 amide bonds. The van der Waals surface area contributed by atoms with Crippen LogP contribution in [0.2, 0.25) is 0 Å². The number of rotatable bonds is 6. The van der Waals surface area contributed by atoms with Crippen molar-refractivity contribution < 1.29 is 14.7 Å². The Labute approximate surface area is 121 Å². The van der Waals surface area contributed by atoms with Gasteiger partial charge in [-0.1, -0.05) is 13.8 Å². The predicted molar refractivity (Wildman–Crippen MR) is 77.7 cm³/mol. The molecule has 1 atom stereocenters. The average Bonchev–Trinajstić information content (AvgIpc) is 2.34. The molecule has 1 rings (SSSR count). The minimum atomic E-state index is -0.974. The zero-order chi connectivity index (χ0) is 15.1. The maximum atomic E-state index is 12.1. The molecule has 0 saturated carbocycles. The monoisotopic (exact) mass is 285 g/mol. The van der Waals surface area contributed by atoms with Crippen LogP contribution in [0, 0.1) is 11.8 Å². The summed E-state index contributed by atoms with van der Waals surface area (Å²) in [5.41, 5.74) is 0. The average molecular weight is 285 g/mol. The molecule has 1 aliphatic heterocycles. The van der Waals surface area contributed by atoms with Gasteiger partial charge < -0.3 is 20.2 Å². The van der Waals surface area contributed by atoms with Crippen LogP contribution in [0.4, 0.5) is 4.79 Å². The Morgan fingerprint density at radius 2 is 2.15 bits per heavy atom. The number of hydrogen-bond acceptors (Lipinski definition) is 3. The molecule has 1 heterocycles. The molecular weight excluding hydrogens is 258 g/mol. The maximum Gasteiger partial charge on any atom is 0.323 e. The lowest BCUT2D eigenvalue weighted by Crippen LogP contribution is -2.47. The molecule has 0 aromatic rings. The Hall–Kier alpha value is -1.30. The zero-order valence-electron chi connectivity index (χ0n) is 12.8. The summed E-state index contributed by atoms with van der Waals surface area (Å²) in [6, 6.07) is -0.269. The van der Waals surface area contributed by atoms with Crippen LogP contribution in [0.25, 0.3) is 0 Å². The summed E-state index contributed by atoms with van der Waals surface area (Å²) in [5.74, 6) is -0.262. The molecule has 1 saturated heterocycles. The van der Waals surface area contributed by atoms with Crippen molar-refractivity contribution in [2.75, 3.05) is 39.8 Å². The highest BCUT2D eigenvalue weighted by Gasteiger charge is 2.21. The van der Waals surface area contributed by atoms with E-state index in [0.717, 1.165) is 25.9 Å². The number of nitrogens with one attached hydrogen (secondary N) is 1. The minimum absolute atomic E-state index is 0.241. The van der Waals surface area contributed by atoms with Crippen molar-refractivity contribution in [3.05, 3.63) is 0 Å². The van der Waals surface area contributed by atoms with Gasteiger partial charge in [-0.05, 0) is 38.3 Å². The van der Waals surface area contributed by atoms with Crippen LogP contribution >= 0.6 is 0 Å². The van der Waals surface area contributed by atoms with Crippen LogP contribution in [0.5, 0.6) is 0 Å². The fourth-order valence-corrected chi connectivity index (χ4v) is 2.61. The molecule has 1 aliphatic rings. The molecule has 6 heteroatoms. The lowest BCUT2D eigenvalue weighted by atomic mass is 9.99. The summed E-state index contributed by atoms with van der Waals surface area (Å²) in [5, 5.41) is 11.7. The van der Waals surface area contributed by atoms with Gasteiger partial charge in [0.2, 0.25) is 0 Å². The van der Waals surface area contributed by atoms with E-state index in [1.165, 1.54) is 4.90 Å². The number of amides is 2. The topological polar surface area (TPSA) is 72.9 Å². The van der Waals surface area contributed by atoms with Gasteiger partial charge in [0.15, 0.2) is 0 Å². The summed E-state index contributed by atoms with van der Waals surface area (Å²) < 4.78 is 0. The van der Waals surface area contributed by atoms with Gasteiger partial charge in [0.25, 0.3) is 0 Å². The molecule has 6 nitrogen and oxygen atoms in total. The van der Waals surface area contributed by atoms with Crippen LogP contribution < -0.4 is 5.32 Å². The third-order valence-electron chi connectivity index (χ3n) is 3.46. The van der Waals surface area contributed by atoms with Gasteiger partial charge in [0, 0.05) is 19.6 Å². The van der Waals surface area contributed by atoms with Crippen LogP contribution in [-0.2, 0) is 4.79 Å². The number of urea groups is 1. The normalized spacial score (nSPS) is 19.9. The summed E-state index contributed by atoms with van der Waals surface area (Å²) >= 11 is 0. The van der Waals surface area contributed by atoms with Gasteiger partial charge >= 0.3 is 12.0 Å². The molecule has 1 unspecified atom stereocenters. The van der Waals surface area contributed by atoms with E-state index < -0.39 is 5.97 Å². The Morgan fingerprint density at radius 3 is 2.70 bits per heavy atom. The van der Waals surface area contributed by atoms with Crippen molar-refractivity contribution in [2.45, 2.75) is 26.7 Å². The molecule has 0 radical (unpaired) electrons. The number of nitrogens with zero attached hydrogens (tertiary/aromatic N) is 2. The maximum absolute atomic E-state index is 12.1. The molecule has 0 aromatic heterocycles. The van der Waals surface area contributed by atoms with Crippen molar-refractivity contribution in [1.82, 2.24) is 15.1 Å². The summed E-state index contributed by atoms with van der Waals surface area (Å²) in [7, 11) is 2.09. The molecule has 2 N–H and O–H groups in total. The quantitative estimate of drug-likeness (QED) is 0.766. The highest BCUT2D eigenvalue weighted by Crippen LogP contribution is 2.14. The van der Waals surface area contributed by atoms with E-state index in [-0.39, 0.29) is 18.5 Å². The van der Waals surface area contributed by atoms with Gasteiger partial charge in [-0.15, -0.1) is 0 Å². The van der Waals surface area contributed by atoms with Crippen molar-refractivity contribution in [3.63, 3.8) is 0 Å². The molecule has 1 fully saturated rings. The lowest BCUT2D eigenvalue weighted by Gasteiger charge is -2.30. The predicted octanol–water partition coefficient (Wildman–Crippen LogP) is 1.08. The van der Waals surface area contributed by atoms with Gasteiger partial charge in [-0.25, -0.2) is 4.79 Å². The molecule has 0 spiro atoms. The number of carboxylic acids is 1. The molecule has 20 heavy (non-hydrogen) atoms. The van der Waals surface area contributed by atoms with E-state index in [1.807, 2.05) is 13.8 Å². The summed E-state index contributed by atoms with van der Waals surface area (Å²) in [6.45, 7) is 6.89. The lowest BCUT2D eigenvalue weighted by molar-refractivity contribution is -0.137. The molecule has 0 aliphatic carbocycles. The van der Waals surface area contributed by atoms with Crippen molar-refractivity contribution in [3.8, 4) is 0 Å². The first-order valence-corrected chi connectivity index (χ1v) is 7.31. The molecular formula is C14H27N3O3. The van der Waals surface area contributed by atoms with Crippen LogP contribution in [0.1, 0.15) is 26.7 Å². The first kappa shape index (κ1) is 16.8. The number of carboxylic acid groups (broad SMARTS) is 1. The zero-order valence-corrected chi connectivity index (χ0v) is 12.8. The van der Waals surface area contributed by atoms with Crippen molar-refractivity contribution >= 4 is 12.0 Å². The van der Waals surface area contributed by atoms with E-state index in [4.69, 9.17) is 5.11 Å². The van der Waals surface area contributed by atoms with E-state index in [0.29, 0.717) is 19.0 Å². The second kappa shape index (κ2) is 8.09. The second-order valence-corrected chi connectivity index (χ2v) is 6.12. The number of carbonyl (C=O) groups excluding carboxylic acids is 1. The van der Waals surface area contributed by atoms with E-state index >= 15 is 0 Å². The number of likely N-dealkylation sites (tertiary alicyclic amines) is 1. The Kier molecular flexibility index (Phi) is 6.78. The number of carbonyl (C=O) groups is 2. The molecule has 0 bridgehead atoms. The largest absolute Gasteiger partial charge is 0.480 e. The Bertz CT molecular complexity index is 334. The summed E-state index contributed by atoms with van der Waals surface area (Å²) in [6.07, 6.45) is 2.27. The number of hydrogen-bond donors (Lipinski definition) is 2. The van der Waals surface area contributed by atoms with E-state index in [9.17, 15) is 9.59 Å². The third kappa shape index (κ3) is 6.23. The smallest absolute Gasteiger partial charge is 0.323 e. The van der Waals surface area contributed by atoms with Crippen LogP contribution in [-0.4, -0.2) is 66.7 Å². The van der Waals surface area contributed by atoms with Gasteiger partial charge in [0.05, 0.1) is 0 Å². The molecule has 0 aromatic carbocycles. The van der Waals surface area contributed by atoms with Gasteiger partial charge in [0.1, 0.15) is 6.54 Å². The van der Waals surface area contributed by atoms with Crippen LogP contribution in [0.15, 0.2) is 0 Å². The SMILES string of the molecule is CC(C)CN(CC(=O)O)C(=O)NCC1CCCN(C)C1. The first-order chi connectivity index (χ1) is 9.38. The highest BCUT2D eigenvalue weighted by molar-refractivity contribution is 5.80. The summed E-state index contributed by atoms with van der Waals surface area (Å²) in [4.78, 5) is 26.5. The third-order valence-corrected chi connectivity index (χ3v) is 3.46. The van der Waals surface area contributed by atoms with E-state index in [2.05, 4.69) is 17.3 Å². The first-order valence-electron chi connectivity index (χ1n) is 7.31. The Balaban J connectivity index is 2.42. The second-order valence-electron chi connectivity index (χ2n) is 6.12. The van der Waals surface area contributed by atoms with Crippen molar-refractivity contribution in [2.24, 2.45) is 11.8 Å². The number of piperidine rings is 1. The standard InChI is InChI=1S/C14H27N3O3/c1-11(2)8-17(10-13(18)19)14(20)15-7-12-5-4-6-16(3)9-12/h11-12H,4-10H2,1-3H3,(H,15,20)(H,18,19). The number of aliphatic carboxylic acids is 1. The Morgan fingerprint density at radius 1 is 1.45 bits per heavy atom. The fraction of sp³-hybridized carbons (Fsp3) is 0.857. The minimum Gasteiger partial charge on any atom is -0.480 e. The van der Waals surface area contributed by atoms with E-state index in [1.54, 1.807) is 0 Å². The van der Waals surface area contributed by atoms with Gasteiger partial charge in [-0.2, -0.15) is 0 Å². The van der Waals surface area contributed by atoms with Gasteiger partial charge in [-0.3, -0.25) is 4.79 Å². The van der Waals surface area contributed by atoms with Crippen LogP contribution in [0.3, 0.4) is 0 Å². The highest BCUT2D eigenvalue weighted by atomic mass is 16.4. The fourth-order valence-electron chi connectivity index (χ4n) is 2.61. The molecule has 116 valence electrons. The van der Waals surface area contributed by atoms with Crippen molar-refractivity contribution in [1.29, 1.82) is 0 Å².